The fourth-order valence-electron chi connectivity index (χ4n) is 4.15. The number of halogens is 1. The van der Waals surface area contributed by atoms with Crippen LogP contribution in [0.15, 0.2) is 55.2 Å². The smallest absolute Gasteiger partial charge is 0.259 e. The van der Waals surface area contributed by atoms with Gasteiger partial charge in [0.15, 0.2) is 17.1 Å². The predicted molar refractivity (Wildman–Crippen MR) is 137 cm³/mol. The van der Waals surface area contributed by atoms with Gasteiger partial charge in [-0.3, -0.25) is 4.79 Å². The van der Waals surface area contributed by atoms with Crippen molar-refractivity contribution in [2.24, 2.45) is 5.14 Å². The molecule has 4 aromatic heterocycles. The second-order valence-corrected chi connectivity index (χ2v) is 10.5. The molecule has 0 aliphatic heterocycles. The number of benzene rings is 1. The highest BCUT2D eigenvalue weighted by molar-refractivity contribution is 7.89. The third kappa shape index (κ3) is 4.57. The number of hydrogen-bond acceptors (Lipinski definition) is 9. The van der Waals surface area contributed by atoms with Crippen molar-refractivity contribution in [1.82, 2.24) is 15.0 Å². The van der Waals surface area contributed by atoms with Crippen LogP contribution < -0.4 is 15.3 Å². The molecule has 0 saturated carbocycles. The third-order valence-corrected chi connectivity index (χ3v) is 6.85. The Morgan fingerprint density at radius 2 is 1.84 bits per heavy atom. The molecule has 0 saturated heterocycles. The van der Waals surface area contributed by atoms with E-state index in [4.69, 9.17) is 30.3 Å². The minimum absolute atomic E-state index is 0.0518. The monoisotopic (exact) mass is 540 g/mol. The molecule has 190 valence electrons. The van der Waals surface area contributed by atoms with Crippen LogP contribution in [0, 0.1) is 20.8 Å². The van der Waals surface area contributed by atoms with E-state index >= 15 is 0 Å². The van der Waals surface area contributed by atoms with Crippen LogP contribution in [0.5, 0.6) is 5.75 Å². The maximum Gasteiger partial charge on any atom is 0.259 e. The predicted octanol–water partition coefficient (Wildman–Crippen LogP) is 4.76. The quantitative estimate of drug-likeness (QED) is 0.311. The van der Waals surface area contributed by atoms with Gasteiger partial charge in [0, 0.05) is 29.8 Å². The van der Waals surface area contributed by atoms with Gasteiger partial charge in [0.1, 0.15) is 28.1 Å². The lowest BCUT2D eigenvalue weighted by atomic mass is 10.00. The first-order chi connectivity index (χ1) is 17.4. The van der Waals surface area contributed by atoms with Crippen LogP contribution in [0.1, 0.15) is 35.6 Å². The van der Waals surface area contributed by atoms with E-state index in [1.807, 2.05) is 6.92 Å². The standard InChI is InChI=1S/C25H21ClN4O6S/c1-11-7-16(13(3)34-19-5-6-20(26)30-25(19)37(27,32)33)23-17(8-11)21(31)12(2)22(36-23)15-9-18-24(28-10-15)35-14(4)29-18/h5-10,13H,1-4H3,(H2,27,32,33)/t13-/m1/s1. The molecular weight excluding hydrogens is 520 g/mol. The summed E-state index contributed by atoms with van der Waals surface area (Å²) in [5.41, 5.74) is 3.25. The highest BCUT2D eigenvalue weighted by Gasteiger charge is 2.24. The minimum atomic E-state index is -4.22. The Labute approximate surface area is 216 Å². The number of nitrogens with zero attached hydrogens (tertiary/aromatic N) is 3. The van der Waals surface area contributed by atoms with E-state index in [2.05, 4.69) is 15.0 Å². The maximum atomic E-state index is 13.4. The largest absolute Gasteiger partial charge is 0.483 e. The van der Waals surface area contributed by atoms with Gasteiger partial charge in [-0.25, -0.2) is 28.5 Å². The van der Waals surface area contributed by atoms with E-state index in [0.29, 0.717) is 50.5 Å². The van der Waals surface area contributed by atoms with E-state index < -0.39 is 21.2 Å². The van der Waals surface area contributed by atoms with Gasteiger partial charge in [0.05, 0.1) is 5.39 Å². The lowest BCUT2D eigenvalue weighted by Crippen LogP contribution is -2.17. The Balaban J connectivity index is 1.68. The van der Waals surface area contributed by atoms with Crippen LogP contribution in [-0.2, 0) is 10.0 Å². The van der Waals surface area contributed by atoms with Crippen LogP contribution in [0.25, 0.3) is 33.5 Å². The molecule has 2 N–H and O–H groups in total. The van der Waals surface area contributed by atoms with Gasteiger partial charge < -0.3 is 13.6 Å². The topological polar surface area (TPSA) is 151 Å². The molecule has 0 spiro atoms. The molecule has 37 heavy (non-hydrogen) atoms. The summed E-state index contributed by atoms with van der Waals surface area (Å²) in [5.74, 6) is 0.707. The van der Waals surface area contributed by atoms with Gasteiger partial charge in [-0.15, -0.1) is 0 Å². The highest BCUT2D eigenvalue weighted by Crippen LogP contribution is 2.34. The maximum absolute atomic E-state index is 13.4. The van der Waals surface area contributed by atoms with Crippen LogP contribution in [0.2, 0.25) is 5.15 Å². The zero-order valence-corrected chi connectivity index (χ0v) is 21.8. The molecule has 0 unspecified atom stereocenters. The van der Waals surface area contributed by atoms with Crippen molar-refractivity contribution in [3.05, 3.63) is 74.5 Å². The third-order valence-electron chi connectivity index (χ3n) is 5.81. The SMILES string of the molecule is Cc1cc([C@@H](C)Oc2ccc(Cl)nc2S(N)(=O)=O)c2oc(-c3cnc4oc(C)nc4c3)c(C)c(=O)c2c1. The van der Waals surface area contributed by atoms with Gasteiger partial charge >= 0.3 is 0 Å². The molecule has 0 radical (unpaired) electrons. The molecule has 0 aliphatic carbocycles. The Morgan fingerprint density at radius 3 is 2.57 bits per heavy atom. The zero-order chi connectivity index (χ0) is 26.6. The number of ether oxygens (including phenoxy) is 1. The second-order valence-electron chi connectivity index (χ2n) is 8.64. The fourth-order valence-corrected chi connectivity index (χ4v) is 4.97. The van der Waals surface area contributed by atoms with E-state index in [1.165, 1.54) is 12.1 Å². The average Bonchev–Trinajstić information content (AvgIpc) is 3.20. The van der Waals surface area contributed by atoms with Gasteiger partial charge in [-0.05, 0) is 56.7 Å². The van der Waals surface area contributed by atoms with Crippen molar-refractivity contribution < 1.29 is 22.0 Å². The first-order valence-electron chi connectivity index (χ1n) is 11.1. The Morgan fingerprint density at radius 1 is 1.08 bits per heavy atom. The van der Waals surface area contributed by atoms with Crippen LogP contribution >= 0.6 is 11.6 Å². The fraction of sp³-hybridized carbons (Fsp3) is 0.200. The number of oxazole rings is 1. The number of sulfonamides is 1. The van der Waals surface area contributed by atoms with E-state index in [-0.39, 0.29) is 16.3 Å². The van der Waals surface area contributed by atoms with Gasteiger partial charge in [-0.1, -0.05) is 11.6 Å². The van der Waals surface area contributed by atoms with Gasteiger partial charge in [-0.2, -0.15) is 0 Å². The number of pyridine rings is 2. The lowest BCUT2D eigenvalue weighted by Gasteiger charge is -2.19. The molecule has 12 heteroatoms. The molecule has 0 fully saturated rings. The molecule has 5 rings (SSSR count). The minimum Gasteiger partial charge on any atom is -0.483 e. The summed E-state index contributed by atoms with van der Waals surface area (Å²) in [6.07, 6.45) is 0.790. The van der Waals surface area contributed by atoms with Crippen molar-refractivity contribution in [3.8, 4) is 17.1 Å². The summed E-state index contributed by atoms with van der Waals surface area (Å²) in [6, 6.07) is 8.04. The first-order valence-corrected chi connectivity index (χ1v) is 13.0. The lowest BCUT2D eigenvalue weighted by molar-refractivity contribution is 0.219. The molecular formula is C25H21ClN4O6S. The number of aromatic nitrogens is 3. The summed E-state index contributed by atoms with van der Waals surface area (Å²) in [4.78, 5) is 25.8. The van der Waals surface area contributed by atoms with Gasteiger partial charge in [0.25, 0.3) is 10.0 Å². The molecule has 4 heterocycles. The average molecular weight is 541 g/mol. The van der Waals surface area contributed by atoms with Crippen molar-refractivity contribution in [1.29, 1.82) is 0 Å². The van der Waals surface area contributed by atoms with Crippen molar-refractivity contribution in [2.75, 3.05) is 0 Å². The normalized spacial score (nSPS) is 12.8. The summed E-state index contributed by atoms with van der Waals surface area (Å²) < 4.78 is 41.9. The van der Waals surface area contributed by atoms with E-state index in [1.54, 1.807) is 45.2 Å². The molecule has 10 nitrogen and oxygen atoms in total. The number of primary sulfonamides is 1. The summed E-state index contributed by atoms with van der Waals surface area (Å²) in [6.45, 7) is 6.93. The van der Waals surface area contributed by atoms with Crippen LogP contribution in [-0.4, -0.2) is 23.4 Å². The molecule has 1 aromatic carbocycles. The number of nitrogens with two attached hydrogens (primary N) is 1. The number of fused-ring (bicyclic) bond motifs is 2. The second kappa shape index (κ2) is 8.94. The van der Waals surface area contributed by atoms with Crippen molar-refractivity contribution in [2.45, 2.75) is 38.8 Å². The number of rotatable bonds is 5. The highest BCUT2D eigenvalue weighted by atomic mass is 35.5. The van der Waals surface area contributed by atoms with Crippen molar-refractivity contribution in [3.63, 3.8) is 0 Å². The van der Waals surface area contributed by atoms with Gasteiger partial charge in [0.2, 0.25) is 10.7 Å². The van der Waals surface area contributed by atoms with E-state index in [9.17, 15) is 13.2 Å². The van der Waals surface area contributed by atoms with Crippen molar-refractivity contribution >= 4 is 43.8 Å². The molecule has 0 aliphatic rings. The molecule has 1 atom stereocenters. The Hall–Kier alpha value is -3.80. The molecule has 0 bridgehead atoms. The number of aryl methyl sites for hydroxylation is 2. The molecule has 5 aromatic rings. The van der Waals surface area contributed by atoms with E-state index in [0.717, 1.165) is 5.56 Å². The Bertz CT molecular complexity index is 1880. The summed E-state index contributed by atoms with van der Waals surface area (Å²) in [5, 5.41) is 5.12. The Kier molecular flexibility index (Phi) is 6.01. The zero-order valence-electron chi connectivity index (χ0n) is 20.2. The first kappa shape index (κ1) is 24.9. The molecule has 0 amide bonds. The summed E-state index contributed by atoms with van der Waals surface area (Å²) in [7, 11) is -4.22. The number of hydrogen-bond donors (Lipinski definition) is 1. The summed E-state index contributed by atoms with van der Waals surface area (Å²) >= 11 is 5.87. The van der Waals surface area contributed by atoms with Crippen LogP contribution in [0.3, 0.4) is 0 Å². The van der Waals surface area contributed by atoms with Crippen LogP contribution in [0.4, 0.5) is 0 Å².